The Balaban J connectivity index is 1.01. The summed E-state index contributed by atoms with van der Waals surface area (Å²) >= 11 is 0. The number of aliphatic hydroxyl groups excluding tert-OH is 3. The number of nitrogen functional groups attached to an aromatic ring is 1. The Labute approximate surface area is 403 Å². The first-order valence-corrected chi connectivity index (χ1v) is 25.7. The maximum Gasteiger partial charge on any atom is 0.330 e. The zero-order chi connectivity index (χ0) is 50.8. The van der Waals surface area contributed by atoms with Crippen LogP contribution >= 0.6 is 0 Å². The van der Waals surface area contributed by atoms with Gasteiger partial charge in [0, 0.05) is 62.1 Å². The smallest absolute Gasteiger partial charge is 0.330 e. The van der Waals surface area contributed by atoms with Crippen molar-refractivity contribution in [2.24, 2.45) is 0 Å². The predicted octanol–water partition coefficient (Wildman–Crippen LogP) is -0.362. The fourth-order valence-electron chi connectivity index (χ4n) is 10.8. The molecule has 3 fully saturated rings. The summed E-state index contributed by atoms with van der Waals surface area (Å²) < 4.78 is 25.7. The second kappa shape index (κ2) is 19.2. The molecule has 71 heavy (non-hydrogen) atoms. The van der Waals surface area contributed by atoms with Gasteiger partial charge in [-0.05, 0) is 23.5 Å². The van der Waals surface area contributed by atoms with Gasteiger partial charge in [-0.2, -0.15) is 4.98 Å². The van der Waals surface area contributed by atoms with E-state index in [2.05, 4.69) is 98.6 Å². The van der Waals surface area contributed by atoms with Crippen LogP contribution in [0.5, 0.6) is 0 Å². The molecular weight excluding hydrogens is 943 g/mol. The number of aliphatic hydroxyl groups is 3. The monoisotopic (exact) mass is 999 g/mol. The first-order valence-electron chi connectivity index (χ1n) is 23.4. The van der Waals surface area contributed by atoms with E-state index in [1.54, 1.807) is 19.3 Å². The molecule has 0 bridgehead atoms. The molecule has 11 atom stereocenters. The van der Waals surface area contributed by atoms with Gasteiger partial charge >= 0.3 is 11.4 Å². The van der Waals surface area contributed by atoms with E-state index in [-0.39, 0.29) is 42.8 Å². The summed E-state index contributed by atoms with van der Waals surface area (Å²) in [7, 11) is -2.18. The summed E-state index contributed by atoms with van der Waals surface area (Å²) in [6.45, 7) is 14.8. The third-order valence-corrected chi connectivity index (χ3v) is 20.5. The molecule has 0 aromatic carbocycles. The number of anilines is 1. The molecule has 0 unspecified atom stereocenters. The number of nitrogens with zero attached hydrogens (tertiary/aromatic N) is 11. The first-order chi connectivity index (χ1) is 33.7. The summed E-state index contributed by atoms with van der Waals surface area (Å²) in [5, 5.41) is 52.7. The van der Waals surface area contributed by atoms with Gasteiger partial charge in [0.05, 0.1) is 42.1 Å². The highest BCUT2D eigenvalue weighted by molar-refractivity contribution is 6.90. The number of rotatable bonds is 13. The Hall–Kier alpha value is -6.67. The first kappa shape index (κ1) is 49.3. The zero-order valence-electron chi connectivity index (χ0n) is 40.0. The van der Waals surface area contributed by atoms with Crippen LogP contribution in [0.2, 0.25) is 16.6 Å². The van der Waals surface area contributed by atoms with Gasteiger partial charge in [0.25, 0.3) is 16.7 Å². The van der Waals surface area contributed by atoms with Crippen LogP contribution in [0.4, 0.5) is 5.95 Å². The van der Waals surface area contributed by atoms with Gasteiger partial charge in [-0.25, -0.2) is 23.9 Å². The van der Waals surface area contributed by atoms with Crippen LogP contribution in [-0.2, 0) is 27.1 Å². The molecule has 9 rings (SSSR count). The Morgan fingerprint density at radius 1 is 0.761 bits per heavy atom. The molecule has 3 saturated heterocycles. The Kier molecular flexibility index (Phi) is 13.3. The van der Waals surface area contributed by atoms with Crippen molar-refractivity contribution in [3.63, 3.8) is 0 Å². The van der Waals surface area contributed by atoms with Crippen molar-refractivity contribution >= 4 is 25.2 Å². The molecule has 8 N–H and O–H groups in total. The largest absolute Gasteiger partial charge is 0.390 e. The maximum atomic E-state index is 13.1. The third kappa shape index (κ3) is 9.04. The number of hydrogen-bond donors (Lipinski definition) is 7. The summed E-state index contributed by atoms with van der Waals surface area (Å²) in [5.74, 6) is 3.31. The van der Waals surface area contributed by atoms with E-state index in [9.17, 15) is 39.3 Å². The molecule has 0 saturated carbocycles. The van der Waals surface area contributed by atoms with Gasteiger partial charge in [0.2, 0.25) is 5.95 Å². The molecule has 0 aliphatic carbocycles. The molecule has 3 aliphatic heterocycles. The number of aromatic nitrogens is 14. The molecule has 26 nitrogen and oxygen atoms in total. The van der Waals surface area contributed by atoms with Crippen LogP contribution in [-0.4, -0.2) is 129 Å². The van der Waals surface area contributed by atoms with Crippen LogP contribution in [0, 0.1) is 18.4 Å². The van der Waals surface area contributed by atoms with Gasteiger partial charge in [0.1, 0.15) is 38.6 Å². The highest BCUT2D eigenvalue weighted by Gasteiger charge is 2.50. The van der Waals surface area contributed by atoms with Crippen molar-refractivity contribution < 1.29 is 29.5 Å². The topological polar surface area (TPSA) is 349 Å². The molecule has 0 radical (unpaired) electrons. The molecule has 9 heterocycles. The Morgan fingerprint density at radius 3 is 1.99 bits per heavy atom. The standard InChI is InChI=1S/C44H57N15O11Si/c1-20(2)71(21(3)4,22(5)6)12-8-9-27-33(35(62)41(69-27)57-19-46-32-37(57)48-42(45)49-39(32)65)58-18-25(52-53-58)14-29-34(36(63)40(70-29)55-11-10-30(61)47-43(55)66)59-17-24(51-54-59)13-28-26(60)15-31(68-28)56-16-23(7)38(64)50-44(56)67/h10-11,16-22,26-29,31,33-36,40-41,60,62-63H,9,13-15H2,1-7H3,(H,47,61,66)(H,50,64,67)(H3,45,48,49,65)/t26-,27+,28+,29+,31+,33+,34+,35+,36+,40+,41+/m0/s1. The van der Waals surface area contributed by atoms with Gasteiger partial charge in [-0.1, -0.05) is 52.0 Å². The van der Waals surface area contributed by atoms with Gasteiger partial charge in [0.15, 0.2) is 23.6 Å². The van der Waals surface area contributed by atoms with Crippen molar-refractivity contribution in [3.8, 4) is 11.5 Å². The minimum absolute atomic E-state index is 0.00320. The molecule has 378 valence electrons. The van der Waals surface area contributed by atoms with Crippen molar-refractivity contribution in [1.29, 1.82) is 0 Å². The molecule has 3 aliphatic rings. The van der Waals surface area contributed by atoms with Crippen LogP contribution in [0.15, 0.2) is 61.2 Å². The van der Waals surface area contributed by atoms with E-state index >= 15 is 0 Å². The fraction of sp³-hybridized carbons (Fsp3) is 0.568. The van der Waals surface area contributed by atoms with E-state index in [1.165, 1.54) is 37.2 Å². The molecule has 6 aromatic rings. The van der Waals surface area contributed by atoms with E-state index in [1.807, 2.05) is 0 Å². The minimum Gasteiger partial charge on any atom is -0.390 e. The minimum atomic E-state index is -2.18. The molecule has 6 aromatic heterocycles. The third-order valence-electron chi connectivity index (χ3n) is 14.2. The number of aromatic amines is 3. The molecule has 27 heteroatoms. The molecule has 0 spiro atoms. The van der Waals surface area contributed by atoms with Crippen molar-refractivity contribution in [2.75, 3.05) is 5.73 Å². The maximum absolute atomic E-state index is 13.1. The number of H-pyrrole nitrogens is 3. The van der Waals surface area contributed by atoms with Gasteiger partial charge in [-0.3, -0.25) is 43.0 Å². The molecular formula is C44H57N15O11Si. The van der Waals surface area contributed by atoms with Gasteiger partial charge < -0.3 is 35.3 Å². The average Bonchev–Trinajstić information content (AvgIpc) is 4.17. The number of ether oxygens (including phenoxy) is 3. The van der Waals surface area contributed by atoms with E-state index in [0.29, 0.717) is 33.6 Å². The lowest BCUT2D eigenvalue weighted by molar-refractivity contribution is -0.0396. The average molecular weight is 1000 g/mol. The lowest BCUT2D eigenvalue weighted by Crippen LogP contribution is -2.43. The number of aryl methyl sites for hydroxylation is 1. The summed E-state index contributed by atoms with van der Waals surface area (Å²) in [4.78, 5) is 77.8. The van der Waals surface area contributed by atoms with Crippen molar-refractivity contribution in [3.05, 3.63) is 106 Å². The number of imidazole rings is 1. The number of hydrogen-bond acceptors (Lipinski definition) is 18. The highest BCUT2D eigenvalue weighted by atomic mass is 28.3. The van der Waals surface area contributed by atoms with Crippen molar-refractivity contribution in [2.45, 2.75) is 158 Å². The normalized spacial score (nSPS) is 26.9. The zero-order valence-corrected chi connectivity index (χ0v) is 41.0. The van der Waals surface area contributed by atoms with Crippen LogP contribution in [0.25, 0.3) is 11.2 Å². The van der Waals surface area contributed by atoms with Crippen LogP contribution in [0.3, 0.4) is 0 Å². The second-order valence-corrected chi connectivity index (χ2v) is 25.1. The highest BCUT2D eigenvalue weighted by Crippen LogP contribution is 2.43. The van der Waals surface area contributed by atoms with E-state index in [4.69, 9.17) is 19.9 Å². The predicted molar refractivity (Wildman–Crippen MR) is 253 cm³/mol. The summed E-state index contributed by atoms with van der Waals surface area (Å²) in [6, 6.07) is -0.777. The van der Waals surface area contributed by atoms with Crippen LogP contribution < -0.4 is 33.8 Å². The van der Waals surface area contributed by atoms with E-state index < -0.39 is 104 Å². The Morgan fingerprint density at radius 2 is 1.35 bits per heavy atom. The number of nitrogens with one attached hydrogen (secondary N) is 3. The Bertz CT molecular complexity index is 3280. The van der Waals surface area contributed by atoms with Crippen molar-refractivity contribution in [1.82, 2.24) is 68.6 Å². The fourth-order valence-corrected chi connectivity index (χ4v) is 16.1. The lowest BCUT2D eigenvalue weighted by Gasteiger charge is -2.38. The quantitative estimate of drug-likeness (QED) is 0.0574. The lowest BCUT2D eigenvalue weighted by atomic mass is 10.0. The summed E-state index contributed by atoms with van der Waals surface area (Å²) in [6.07, 6.45) is -2.23. The summed E-state index contributed by atoms with van der Waals surface area (Å²) in [5.41, 5.74) is 8.59. The van der Waals surface area contributed by atoms with E-state index in [0.717, 1.165) is 10.6 Å². The molecule has 0 amide bonds. The SMILES string of the molecule is Cc1cn([C@H]2C[C@H](O)[C@@H](Cc3cn([C@H]4[C@@H](O)[C@H](n5ccc(=O)[nH]c5=O)O[C@@H]4Cc4cn([C@H]5[C@@H](O)[C@H](n6cnc7c(=O)[nH]c(N)nc76)O[C@@H]5CC#C[Si](C(C)C)(C(C)C)C(C)C)nn4)nn3)O2)c(=O)[nH]c1=O. The number of fused-ring (bicyclic) bond motifs is 1. The van der Waals surface area contributed by atoms with Crippen LogP contribution in [0.1, 0.15) is 102 Å². The van der Waals surface area contributed by atoms with Gasteiger partial charge in [-0.15, -0.1) is 21.7 Å². The second-order valence-electron chi connectivity index (χ2n) is 19.5. The number of nitrogens with two attached hydrogens (primary N) is 1.